The molecule has 2 aromatic rings. The van der Waals surface area contributed by atoms with Crippen LogP contribution < -0.4 is 15.5 Å². The molecule has 80 valence electrons. The van der Waals surface area contributed by atoms with Crippen LogP contribution in [0.15, 0.2) is 6.33 Å². The number of aromatic amines is 2. The number of nitrogens with zero attached hydrogens (tertiary/aromatic N) is 2. The summed E-state index contributed by atoms with van der Waals surface area (Å²) in [6.45, 7) is 5.78. The largest absolute Gasteiger partial charge is 0.445 e. The summed E-state index contributed by atoms with van der Waals surface area (Å²) in [6, 6.07) is 0.281. The molecule has 0 aliphatic rings. The van der Waals surface area contributed by atoms with Gasteiger partial charge in [0.2, 0.25) is 5.52 Å². The average Bonchev–Trinajstić information content (AvgIpc) is 2.48. The monoisotopic (exact) mass is 208 g/mol. The molecule has 0 amide bonds. The van der Waals surface area contributed by atoms with E-state index in [9.17, 15) is 0 Å². The quantitative estimate of drug-likeness (QED) is 0.715. The maximum atomic E-state index is 5.74. The molecule has 0 aromatic carbocycles. The van der Waals surface area contributed by atoms with E-state index < -0.39 is 0 Å². The van der Waals surface area contributed by atoms with Crippen molar-refractivity contribution in [1.29, 1.82) is 0 Å². The van der Waals surface area contributed by atoms with Gasteiger partial charge in [0.1, 0.15) is 5.60 Å². The van der Waals surface area contributed by atoms with Crippen LogP contribution in [0.4, 0.5) is 5.82 Å². The summed E-state index contributed by atoms with van der Waals surface area (Å²) in [5.41, 5.74) is 6.73. The van der Waals surface area contributed by atoms with Crippen LogP contribution in [-0.2, 0) is 0 Å². The van der Waals surface area contributed by atoms with Crippen molar-refractivity contribution >= 4 is 17.0 Å². The Kier molecular flexibility index (Phi) is 1.99. The molecule has 0 atom stereocenters. The highest BCUT2D eigenvalue weighted by Crippen LogP contribution is 2.18. The molecule has 0 unspecified atom stereocenters. The van der Waals surface area contributed by atoms with E-state index in [1.807, 2.05) is 20.8 Å². The third-order valence-electron chi connectivity index (χ3n) is 1.74. The van der Waals surface area contributed by atoms with Gasteiger partial charge in [-0.1, -0.05) is 0 Å². The molecule has 2 heterocycles. The van der Waals surface area contributed by atoms with Crippen molar-refractivity contribution in [3.05, 3.63) is 6.33 Å². The summed E-state index contributed by atoms with van der Waals surface area (Å²) >= 11 is 0. The lowest BCUT2D eigenvalue weighted by molar-refractivity contribution is -0.347. The summed E-state index contributed by atoms with van der Waals surface area (Å²) in [4.78, 5) is 14.1. The molecule has 0 aliphatic carbocycles. The van der Waals surface area contributed by atoms with E-state index in [-0.39, 0.29) is 11.6 Å². The number of hydrogen-bond donors (Lipinski definition) is 2. The van der Waals surface area contributed by atoms with Crippen molar-refractivity contribution < 1.29 is 9.72 Å². The van der Waals surface area contributed by atoms with Crippen molar-refractivity contribution in [2.24, 2.45) is 0 Å². The molecule has 4 N–H and O–H groups in total. The molecule has 0 saturated carbocycles. The number of nitrogens with two attached hydrogens (primary N) is 1. The molecule has 2 aromatic heterocycles. The standard InChI is InChI=1S/C9H13N5O/c1-9(2,3)15-8-13-6(10)5-7(14-8)12-4-11-5/h4H,1-3H3,(H3,10,11,12,13,14)/p+1. The summed E-state index contributed by atoms with van der Waals surface area (Å²) in [6.07, 6.45) is 1.65. The van der Waals surface area contributed by atoms with E-state index in [1.165, 1.54) is 0 Å². The molecule has 0 spiro atoms. The van der Waals surface area contributed by atoms with Crippen LogP contribution in [0.5, 0.6) is 6.01 Å². The number of ether oxygens (including phenoxy) is 1. The zero-order chi connectivity index (χ0) is 11.1. The fourth-order valence-corrected chi connectivity index (χ4v) is 1.20. The third-order valence-corrected chi connectivity index (χ3v) is 1.74. The molecule has 6 heteroatoms. The van der Waals surface area contributed by atoms with Crippen LogP contribution >= 0.6 is 0 Å². The van der Waals surface area contributed by atoms with Crippen LogP contribution in [0.25, 0.3) is 11.2 Å². The van der Waals surface area contributed by atoms with Gasteiger partial charge in [-0.15, -0.1) is 0 Å². The van der Waals surface area contributed by atoms with E-state index >= 15 is 0 Å². The summed E-state index contributed by atoms with van der Waals surface area (Å²) in [5, 5.41) is 0. The van der Waals surface area contributed by atoms with E-state index in [4.69, 9.17) is 10.5 Å². The first-order chi connectivity index (χ1) is 6.96. The van der Waals surface area contributed by atoms with Gasteiger partial charge in [-0.05, 0) is 25.8 Å². The topological polar surface area (TPSA) is 91.0 Å². The van der Waals surface area contributed by atoms with Crippen LogP contribution in [-0.4, -0.2) is 20.6 Å². The fourth-order valence-electron chi connectivity index (χ4n) is 1.20. The van der Waals surface area contributed by atoms with Gasteiger partial charge < -0.3 is 10.5 Å². The van der Waals surface area contributed by atoms with E-state index in [1.54, 1.807) is 6.33 Å². The molecule has 0 saturated heterocycles. The predicted molar refractivity (Wildman–Crippen MR) is 55.2 cm³/mol. The molecule has 0 radical (unpaired) electrons. The van der Waals surface area contributed by atoms with Crippen molar-refractivity contribution in [3.8, 4) is 6.01 Å². The Morgan fingerprint density at radius 2 is 2.13 bits per heavy atom. The lowest BCUT2D eigenvalue weighted by Crippen LogP contribution is -2.24. The highest BCUT2D eigenvalue weighted by atomic mass is 16.5. The fraction of sp³-hybridized carbons (Fsp3) is 0.444. The Balaban J connectivity index is 2.45. The number of aromatic nitrogens is 4. The Bertz CT molecular complexity index is 485. The first kappa shape index (κ1) is 9.70. The van der Waals surface area contributed by atoms with Gasteiger partial charge >= 0.3 is 11.7 Å². The predicted octanol–water partition coefficient (Wildman–Crippen LogP) is 0.532. The number of anilines is 1. The van der Waals surface area contributed by atoms with Crippen LogP contribution in [0, 0.1) is 0 Å². The van der Waals surface area contributed by atoms with Gasteiger partial charge in [0.15, 0.2) is 12.1 Å². The highest BCUT2D eigenvalue weighted by Gasteiger charge is 2.19. The number of imidazole rings is 1. The Labute approximate surface area is 86.9 Å². The van der Waals surface area contributed by atoms with Crippen molar-refractivity contribution in [2.45, 2.75) is 26.4 Å². The van der Waals surface area contributed by atoms with E-state index in [2.05, 4.69) is 19.9 Å². The van der Waals surface area contributed by atoms with Crippen molar-refractivity contribution in [1.82, 2.24) is 15.0 Å². The average molecular weight is 208 g/mol. The minimum absolute atomic E-state index is 0.281. The summed E-state index contributed by atoms with van der Waals surface area (Å²) < 4.78 is 5.52. The van der Waals surface area contributed by atoms with Crippen molar-refractivity contribution in [2.75, 3.05) is 5.73 Å². The molecule has 2 rings (SSSR count). The van der Waals surface area contributed by atoms with Gasteiger partial charge in [0.05, 0.1) is 0 Å². The molecule has 0 fully saturated rings. The highest BCUT2D eigenvalue weighted by molar-refractivity contribution is 5.78. The Morgan fingerprint density at radius 3 is 2.80 bits per heavy atom. The second-order valence-corrected chi connectivity index (χ2v) is 4.26. The van der Waals surface area contributed by atoms with Crippen LogP contribution in [0.1, 0.15) is 20.8 Å². The number of fused-ring (bicyclic) bond motifs is 1. The molecule has 0 bridgehead atoms. The minimum atomic E-state index is -0.337. The van der Waals surface area contributed by atoms with Gasteiger partial charge in [0.25, 0.3) is 0 Å². The lowest BCUT2D eigenvalue weighted by Gasteiger charge is -2.17. The number of nitrogens with one attached hydrogen (secondary N) is 2. The Hall–Kier alpha value is -1.85. The van der Waals surface area contributed by atoms with E-state index in [0.29, 0.717) is 17.0 Å². The zero-order valence-electron chi connectivity index (χ0n) is 8.96. The van der Waals surface area contributed by atoms with Crippen LogP contribution in [0.2, 0.25) is 0 Å². The van der Waals surface area contributed by atoms with Gasteiger partial charge in [-0.3, -0.25) is 4.98 Å². The summed E-state index contributed by atoms with van der Waals surface area (Å²) in [5.74, 6) is 0.375. The van der Waals surface area contributed by atoms with Crippen molar-refractivity contribution in [3.63, 3.8) is 0 Å². The second-order valence-electron chi connectivity index (χ2n) is 4.26. The molecule has 0 aliphatic heterocycles. The first-order valence-corrected chi connectivity index (χ1v) is 4.67. The number of rotatable bonds is 1. The molecular formula is C9H14N5O+. The van der Waals surface area contributed by atoms with Gasteiger partial charge in [-0.2, -0.15) is 4.98 Å². The maximum Gasteiger partial charge on any atom is 0.397 e. The second kappa shape index (κ2) is 3.08. The van der Waals surface area contributed by atoms with Gasteiger partial charge in [0, 0.05) is 0 Å². The third kappa shape index (κ3) is 1.98. The molecule has 15 heavy (non-hydrogen) atoms. The lowest BCUT2D eigenvalue weighted by atomic mass is 10.2. The number of hydrogen-bond acceptors (Lipinski definition) is 4. The number of nitrogen functional groups attached to an aromatic ring is 1. The first-order valence-electron chi connectivity index (χ1n) is 4.67. The normalized spacial score (nSPS) is 11.9. The maximum absolute atomic E-state index is 5.74. The Morgan fingerprint density at radius 1 is 1.40 bits per heavy atom. The van der Waals surface area contributed by atoms with Crippen LogP contribution in [0.3, 0.4) is 0 Å². The molecule has 6 nitrogen and oxygen atoms in total. The smallest absolute Gasteiger partial charge is 0.397 e. The summed E-state index contributed by atoms with van der Waals surface area (Å²) in [7, 11) is 0. The number of H-pyrrole nitrogens is 2. The minimum Gasteiger partial charge on any atom is -0.445 e. The zero-order valence-corrected chi connectivity index (χ0v) is 8.96. The van der Waals surface area contributed by atoms with Gasteiger partial charge in [-0.25, -0.2) is 4.98 Å². The molecular weight excluding hydrogens is 194 g/mol. The van der Waals surface area contributed by atoms with E-state index in [0.717, 1.165) is 0 Å². The SMILES string of the molecule is CC(C)(C)Oc1nc(N)c2[nH]c[nH+]c2n1.